The molecule has 9 N–H and O–H groups in total. The van der Waals surface area contributed by atoms with E-state index >= 15 is 0 Å². The number of unbranched alkanes of at least 4 members (excludes halogenated alkanes) is 14. The van der Waals surface area contributed by atoms with Gasteiger partial charge in [0.15, 0.2) is 12.6 Å². The lowest BCUT2D eigenvalue weighted by atomic mass is 9.97. The van der Waals surface area contributed by atoms with Gasteiger partial charge in [-0.05, 0) is 103 Å². The van der Waals surface area contributed by atoms with Crippen LogP contribution in [0.4, 0.5) is 0 Å². The summed E-state index contributed by atoms with van der Waals surface area (Å²) >= 11 is 0. The third kappa shape index (κ3) is 35.8. The third-order valence-corrected chi connectivity index (χ3v) is 14.1. The predicted octanol–water partition coefficient (Wildman–Crippen LogP) is 11.2. The van der Waals surface area contributed by atoms with Crippen LogP contribution in [0.2, 0.25) is 0 Å². The fraction of sp³-hybridized carbons (Fsp3) is 0.657. The zero-order chi connectivity index (χ0) is 58.8. The number of nitrogens with one attached hydrogen (secondary N) is 1. The number of hydrogen-bond acceptors (Lipinski definition) is 13. The number of allylic oxidation sites excluding steroid dienone is 21. The summed E-state index contributed by atoms with van der Waals surface area (Å²) in [7, 11) is 0. The number of amides is 1. The van der Waals surface area contributed by atoms with Crippen LogP contribution in [-0.2, 0) is 23.7 Å². The van der Waals surface area contributed by atoms with E-state index in [0.29, 0.717) is 12.8 Å². The highest BCUT2D eigenvalue weighted by molar-refractivity contribution is 5.76. The average molecular weight is 1140 g/mol. The second kappa shape index (κ2) is 50.6. The van der Waals surface area contributed by atoms with Gasteiger partial charge in [0.25, 0.3) is 0 Å². The quantitative estimate of drug-likeness (QED) is 0.0204. The molecule has 12 unspecified atom stereocenters. The Bertz CT molecular complexity index is 1870. The topological polar surface area (TPSA) is 228 Å². The zero-order valence-electron chi connectivity index (χ0n) is 49.5. The van der Waals surface area contributed by atoms with Crippen molar-refractivity contribution in [2.75, 3.05) is 19.8 Å². The van der Waals surface area contributed by atoms with Crippen LogP contribution >= 0.6 is 0 Å². The lowest BCUT2D eigenvalue weighted by molar-refractivity contribution is -0.359. The smallest absolute Gasteiger partial charge is 0.220 e. The molecule has 2 saturated heterocycles. The Kier molecular flexibility index (Phi) is 45.8. The lowest BCUT2D eigenvalue weighted by Crippen LogP contribution is -2.65. The normalized spacial score (nSPS) is 25.1. The Morgan fingerprint density at radius 2 is 0.864 bits per heavy atom. The fourth-order valence-electron chi connectivity index (χ4n) is 9.12. The number of aliphatic hydroxyl groups is 8. The Hall–Kier alpha value is -3.87. The molecule has 1 amide bonds. The van der Waals surface area contributed by atoms with Gasteiger partial charge < -0.3 is 65.1 Å². The van der Waals surface area contributed by atoms with E-state index < -0.39 is 86.8 Å². The molecule has 460 valence electrons. The number of hydrogen-bond donors (Lipinski definition) is 9. The molecule has 0 aromatic rings. The summed E-state index contributed by atoms with van der Waals surface area (Å²) in [5, 5.41) is 87.1. The number of carbonyl (C=O) groups is 1. The molecule has 2 aliphatic heterocycles. The van der Waals surface area contributed by atoms with Crippen LogP contribution in [0.25, 0.3) is 0 Å². The van der Waals surface area contributed by atoms with Crippen molar-refractivity contribution in [3.8, 4) is 0 Å². The van der Waals surface area contributed by atoms with Crippen molar-refractivity contribution in [3.63, 3.8) is 0 Å². The molecule has 2 aliphatic rings. The molecule has 0 saturated carbocycles. The summed E-state index contributed by atoms with van der Waals surface area (Å²) < 4.78 is 22.7. The largest absolute Gasteiger partial charge is 0.394 e. The van der Waals surface area contributed by atoms with Gasteiger partial charge in [-0.25, -0.2) is 0 Å². The minimum Gasteiger partial charge on any atom is -0.394 e. The van der Waals surface area contributed by atoms with Gasteiger partial charge in [0.05, 0.1) is 32.0 Å². The first kappa shape index (κ1) is 73.2. The molecule has 0 aliphatic carbocycles. The molecule has 0 aromatic carbocycles. The Morgan fingerprint density at radius 1 is 0.457 bits per heavy atom. The Morgan fingerprint density at radius 3 is 1.36 bits per heavy atom. The first-order valence-corrected chi connectivity index (χ1v) is 30.9. The zero-order valence-corrected chi connectivity index (χ0v) is 49.5. The number of ether oxygens (including phenoxy) is 4. The van der Waals surface area contributed by atoms with E-state index in [4.69, 9.17) is 18.9 Å². The second-order valence-corrected chi connectivity index (χ2v) is 21.1. The summed E-state index contributed by atoms with van der Waals surface area (Å²) in [4.78, 5) is 13.3. The monoisotopic (exact) mass is 1140 g/mol. The molecule has 12 atom stereocenters. The molecule has 2 rings (SSSR count). The molecule has 0 aromatic heterocycles. The fourth-order valence-corrected chi connectivity index (χ4v) is 9.12. The van der Waals surface area contributed by atoms with Gasteiger partial charge in [-0.3, -0.25) is 4.79 Å². The molecule has 2 fully saturated rings. The van der Waals surface area contributed by atoms with Crippen molar-refractivity contribution in [2.24, 2.45) is 0 Å². The van der Waals surface area contributed by atoms with Crippen molar-refractivity contribution in [1.82, 2.24) is 5.32 Å². The minimum absolute atomic E-state index is 0.224. The van der Waals surface area contributed by atoms with Crippen LogP contribution in [-0.4, -0.2) is 140 Å². The van der Waals surface area contributed by atoms with Crippen molar-refractivity contribution < 1.29 is 64.6 Å². The van der Waals surface area contributed by atoms with Crippen LogP contribution in [0.5, 0.6) is 0 Å². The molecule has 0 bridgehead atoms. The number of aliphatic hydroxyl groups excluding tert-OH is 8. The van der Waals surface area contributed by atoms with Gasteiger partial charge in [0, 0.05) is 6.42 Å². The maximum atomic E-state index is 13.3. The molecule has 2 heterocycles. The molecule has 14 nitrogen and oxygen atoms in total. The summed E-state index contributed by atoms with van der Waals surface area (Å²) in [6, 6.07) is -0.960. The van der Waals surface area contributed by atoms with E-state index in [9.17, 15) is 45.6 Å². The van der Waals surface area contributed by atoms with Crippen LogP contribution in [0, 0.1) is 0 Å². The van der Waals surface area contributed by atoms with Crippen molar-refractivity contribution in [2.45, 2.75) is 261 Å². The average Bonchev–Trinajstić information content (AvgIpc) is 3.47. The molecular formula is C67H109NO13. The van der Waals surface area contributed by atoms with Gasteiger partial charge in [-0.2, -0.15) is 0 Å². The van der Waals surface area contributed by atoms with Gasteiger partial charge in [-0.1, -0.05) is 212 Å². The molecule has 0 radical (unpaired) electrons. The van der Waals surface area contributed by atoms with Gasteiger partial charge >= 0.3 is 0 Å². The van der Waals surface area contributed by atoms with Crippen molar-refractivity contribution >= 4 is 5.91 Å². The first-order valence-electron chi connectivity index (χ1n) is 30.9. The van der Waals surface area contributed by atoms with E-state index in [1.54, 1.807) is 6.08 Å². The number of carbonyl (C=O) groups excluding carboxylic acids is 1. The van der Waals surface area contributed by atoms with Crippen LogP contribution in [0.3, 0.4) is 0 Å². The van der Waals surface area contributed by atoms with Crippen LogP contribution in [0.15, 0.2) is 134 Å². The van der Waals surface area contributed by atoms with E-state index in [1.807, 2.05) is 6.08 Å². The Labute approximate surface area is 488 Å². The minimum atomic E-state index is -1.80. The standard InChI is InChI=1S/C67H109NO13/c1-3-5-7-9-11-13-15-17-19-21-22-23-24-25-26-27-28-29-30-31-32-33-34-35-37-39-41-43-45-47-49-51-59(72)68-55(56(71)50-48-46-44-42-40-38-36-20-18-16-14-12-10-8-6-4-2)54-78-66-64(77)62(75)65(58(53-70)80-66)81-67-63(76)61(74)60(73)57(52-69)79-67/h5,7,11,13,17,19,22-23,25-26,28-29,31-32,34-35,39-42,48,50,55-58,60-67,69-71,73-77H,3-4,6,8-10,12,14-16,18,20-21,24,27,30,33,36-38,43-47,49,51-54H2,1-2H3,(H,68,72)/b7-5-,13-11-,19-17-,23-22-,26-25-,29-28-,32-31-,35-34-,41-39-,42-40+,50-48+. The molecule has 14 heteroatoms. The van der Waals surface area contributed by atoms with E-state index in [2.05, 4.69) is 141 Å². The van der Waals surface area contributed by atoms with Gasteiger partial charge in [0.1, 0.15) is 48.8 Å². The highest BCUT2D eigenvalue weighted by Crippen LogP contribution is 2.30. The second-order valence-electron chi connectivity index (χ2n) is 21.1. The van der Waals surface area contributed by atoms with Gasteiger partial charge in [-0.15, -0.1) is 0 Å². The van der Waals surface area contributed by atoms with Crippen LogP contribution < -0.4 is 5.32 Å². The summed E-state index contributed by atoms with van der Waals surface area (Å²) in [6.45, 7) is 2.62. The van der Waals surface area contributed by atoms with E-state index in [1.165, 1.54) is 64.2 Å². The summed E-state index contributed by atoms with van der Waals surface area (Å²) in [6.07, 6.45) is 57.7. The van der Waals surface area contributed by atoms with E-state index in [-0.39, 0.29) is 18.9 Å². The SMILES string of the molecule is CC/C=C\C/C=C\C/C=C\C/C=C\C/C=C\C/C=C\C/C=C\C/C=C\C/C=C\CCCCCC(=O)NC(COC1OC(CO)C(OC2OC(CO)C(O)C(O)C2O)C(O)C1O)C(O)/C=C/CC/C=C/CCCCCCCCCCCC. The maximum absolute atomic E-state index is 13.3. The van der Waals surface area contributed by atoms with Crippen molar-refractivity contribution in [1.29, 1.82) is 0 Å². The van der Waals surface area contributed by atoms with Crippen LogP contribution in [0.1, 0.15) is 187 Å². The molecule has 0 spiro atoms. The summed E-state index contributed by atoms with van der Waals surface area (Å²) in [5.74, 6) is -0.288. The highest BCUT2D eigenvalue weighted by atomic mass is 16.7. The molecular weight excluding hydrogens is 1030 g/mol. The number of rotatable bonds is 47. The molecule has 81 heavy (non-hydrogen) atoms. The lowest BCUT2D eigenvalue weighted by Gasteiger charge is -2.46. The maximum Gasteiger partial charge on any atom is 0.220 e. The Balaban J connectivity index is 1.76. The third-order valence-electron chi connectivity index (χ3n) is 14.1. The van der Waals surface area contributed by atoms with Crippen molar-refractivity contribution in [3.05, 3.63) is 134 Å². The van der Waals surface area contributed by atoms with E-state index in [0.717, 1.165) is 89.9 Å². The van der Waals surface area contributed by atoms with Gasteiger partial charge in [0.2, 0.25) is 5.91 Å². The highest BCUT2D eigenvalue weighted by Gasteiger charge is 2.51. The first-order chi connectivity index (χ1) is 39.6. The predicted molar refractivity (Wildman–Crippen MR) is 327 cm³/mol. The summed E-state index contributed by atoms with van der Waals surface area (Å²) in [5.41, 5.74) is 0.